The SMILES string of the molecule is CCCCCCN1CCC2(CC1)NC(=O)NC2=O. The second-order valence-corrected chi connectivity index (χ2v) is 5.39. The third-order valence-corrected chi connectivity index (χ3v) is 4.05. The van der Waals surface area contributed by atoms with Gasteiger partial charge in [-0.05, 0) is 25.8 Å². The summed E-state index contributed by atoms with van der Waals surface area (Å²) in [5, 5.41) is 5.13. The van der Waals surface area contributed by atoms with E-state index < -0.39 is 5.54 Å². The van der Waals surface area contributed by atoms with Crippen LogP contribution in [-0.4, -0.2) is 42.0 Å². The molecular formula is C13H23N3O2. The molecule has 3 amide bonds. The van der Waals surface area contributed by atoms with Gasteiger partial charge in [-0.25, -0.2) is 4.79 Å². The van der Waals surface area contributed by atoms with E-state index in [4.69, 9.17) is 0 Å². The molecule has 2 aliphatic rings. The van der Waals surface area contributed by atoms with E-state index >= 15 is 0 Å². The Kier molecular flexibility index (Phi) is 4.22. The predicted molar refractivity (Wildman–Crippen MR) is 69.2 cm³/mol. The number of carbonyl (C=O) groups is 2. The van der Waals surface area contributed by atoms with Crippen molar-refractivity contribution in [1.82, 2.24) is 15.5 Å². The van der Waals surface area contributed by atoms with Crippen LogP contribution in [0.2, 0.25) is 0 Å². The van der Waals surface area contributed by atoms with E-state index in [9.17, 15) is 9.59 Å². The van der Waals surface area contributed by atoms with Gasteiger partial charge in [0.05, 0.1) is 0 Å². The van der Waals surface area contributed by atoms with Crippen molar-refractivity contribution in [2.45, 2.75) is 51.0 Å². The number of nitrogens with zero attached hydrogens (tertiary/aromatic N) is 1. The Labute approximate surface area is 108 Å². The molecule has 102 valence electrons. The maximum Gasteiger partial charge on any atom is 0.322 e. The summed E-state index contributed by atoms with van der Waals surface area (Å²) in [7, 11) is 0. The molecule has 2 heterocycles. The number of carbonyl (C=O) groups excluding carboxylic acids is 2. The first-order valence-corrected chi connectivity index (χ1v) is 7.02. The van der Waals surface area contributed by atoms with Gasteiger partial charge in [-0.1, -0.05) is 26.2 Å². The van der Waals surface area contributed by atoms with Crippen molar-refractivity contribution in [3.8, 4) is 0 Å². The normalized spacial score (nSPS) is 23.2. The Morgan fingerprint density at radius 1 is 1.17 bits per heavy atom. The molecule has 0 aromatic heterocycles. The van der Waals surface area contributed by atoms with Crippen LogP contribution in [0.1, 0.15) is 45.4 Å². The number of amides is 3. The van der Waals surface area contributed by atoms with Crippen molar-refractivity contribution in [3.63, 3.8) is 0 Å². The molecule has 0 atom stereocenters. The van der Waals surface area contributed by atoms with Crippen LogP contribution in [0.15, 0.2) is 0 Å². The molecule has 2 saturated heterocycles. The molecule has 0 bridgehead atoms. The summed E-state index contributed by atoms with van der Waals surface area (Å²) in [6.45, 7) is 5.14. The maximum atomic E-state index is 11.8. The summed E-state index contributed by atoms with van der Waals surface area (Å²) in [6.07, 6.45) is 6.55. The second kappa shape index (κ2) is 5.69. The monoisotopic (exact) mass is 253 g/mol. The number of likely N-dealkylation sites (tertiary alicyclic amines) is 1. The Morgan fingerprint density at radius 3 is 2.44 bits per heavy atom. The van der Waals surface area contributed by atoms with Gasteiger partial charge in [-0.15, -0.1) is 0 Å². The van der Waals surface area contributed by atoms with E-state index in [0.29, 0.717) is 0 Å². The van der Waals surface area contributed by atoms with Crippen LogP contribution in [0.3, 0.4) is 0 Å². The van der Waals surface area contributed by atoms with Crippen molar-refractivity contribution >= 4 is 11.9 Å². The van der Waals surface area contributed by atoms with Crippen LogP contribution >= 0.6 is 0 Å². The molecule has 1 spiro atoms. The van der Waals surface area contributed by atoms with Crippen molar-refractivity contribution in [1.29, 1.82) is 0 Å². The lowest BCUT2D eigenvalue weighted by Gasteiger charge is -2.36. The number of hydrogen-bond donors (Lipinski definition) is 2. The lowest BCUT2D eigenvalue weighted by atomic mass is 9.87. The number of hydrogen-bond acceptors (Lipinski definition) is 3. The minimum Gasteiger partial charge on any atom is -0.323 e. The third kappa shape index (κ3) is 2.83. The Balaban J connectivity index is 1.74. The van der Waals surface area contributed by atoms with Crippen LogP contribution in [-0.2, 0) is 4.79 Å². The van der Waals surface area contributed by atoms with Gasteiger partial charge < -0.3 is 10.2 Å². The summed E-state index contributed by atoms with van der Waals surface area (Å²) in [6, 6.07) is -0.337. The van der Waals surface area contributed by atoms with Gasteiger partial charge in [0.2, 0.25) is 0 Å². The second-order valence-electron chi connectivity index (χ2n) is 5.39. The molecule has 2 fully saturated rings. The van der Waals surface area contributed by atoms with Gasteiger partial charge in [0.25, 0.3) is 5.91 Å². The number of urea groups is 1. The Bertz CT molecular complexity index is 322. The molecule has 5 heteroatoms. The zero-order chi connectivity index (χ0) is 13.0. The molecule has 5 nitrogen and oxygen atoms in total. The van der Waals surface area contributed by atoms with Gasteiger partial charge in [-0.3, -0.25) is 10.1 Å². The zero-order valence-electron chi connectivity index (χ0n) is 11.1. The Morgan fingerprint density at radius 2 is 1.89 bits per heavy atom. The first-order valence-electron chi connectivity index (χ1n) is 7.02. The average Bonchev–Trinajstić information content (AvgIpc) is 2.62. The summed E-state index contributed by atoms with van der Waals surface area (Å²) in [5.41, 5.74) is -0.614. The molecule has 0 aromatic carbocycles. The van der Waals surface area contributed by atoms with Crippen molar-refractivity contribution in [2.75, 3.05) is 19.6 Å². The minimum absolute atomic E-state index is 0.141. The van der Waals surface area contributed by atoms with Crippen molar-refractivity contribution < 1.29 is 9.59 Å². The van der Waals surface area contributed by atoms with Crippen LogP contribution in [0.25, 0.3) is 0 Å². The fourth-order valence-electron chi connectivity index (χ4n) is 2.80. The lowest BCUT2D eigenvalue weighted by molar-refractivity contribution is -0.125. The van der Waals surface area contributed by atoms with Gasteiger partial charge in [0.1, 0.15) is 5.54 Å². The highest BCUT2D eigenvalue weighted by atomic mass is 16.2. The van der Waals surface area contributed by atoms with E-state index in [0.717, 1.165) is 32.5 Å². The fourth-order valence-corrected chi connectivity index (χ4v) is 2.80. The van der Waals surface area contributed by atoms with Gasteiger partial charge in [-0.2, -0.15) is 0 Å². The summed E-state index contributed by atoms with van der Waals surface area (Å²) >= 11 is 0. The number of nitrogens with one attached hydrogen (secondary N) is 2. The first kappa shape index (κ1) is 13.3. The molecule has 2 rings (SSSR count). The van der Waals surface area contributed by atoms with Crippen LogP contribution < -0.4 is 10.6 Å². The molecule has 0 radical (unpaired) electrons. The third-order valence-electron chi connectivity index (χ3n) is 4.05. The maximum absolute atomic E-state index is 11.8. The van der Waals surface area contributed by atoms with E-state index in [2.05, 4.69) is 22.5 Å². The minimum atomic E-state index is -0.614. The number of imide groups is 1. The quantitative estimate of drug-likeness (QED) is 0.572. The highest BCUT2D eigenvalue weighted by Crippen LogP contribution is 2.25. The summed E-state index contributed by atoms with van der Waals surface area (Å²) in [5.74, 6) is -0.141. The standard InChI is InChI=1S/C13H23N3O2/c1-2-3-4-5-8-16-9-6-13(7-10-16)11(17)14-12(18)15-13/h2-10H2,1H3,(H2,14,15,17,18). The number of piperidine rings is 1. The predicted octanol–water partition coefficient (Wildman–Crippen LogP) is 1.24. The van der Waals surface area contributed by atoms with E-state index in [1.807, 2.05) is 0 Å². The Hall–Kier alpha value is -1.10. The van der Waals surface area contributed by atoms with Crippen LogP contribution in [0.5, 0.6) is 0 Å². The van der Waals surface area contributed by atoms with Gasteiger partial charge in [0.15, 0.2) is 0 Å². The molecule has 2 N–H and O–H groups in total. The number of rotatable bonds is 5. The summed E-state index contributed by atoms with van der Waals surface area (Å²) < 4.78 is 0. The molecule has 0 aliphatic carbocycles. The smallest absolute Gasteiger partial charge is 0.322 e. The van der Waals surface area contributed by atoms with Crippen molar-refractivity contribution in [3.05, 3.63) is 0 Å². The van der Waals surface area contributed by atoms with Gasteiger partial charge in [0, 0.05) is 13.1 Å². The van der Waals surface area contributed by atoms with E-state index in [-0.39, 0.29) is 11.9 Å². The van der Waals surface area contributed by atoms with Crippen LogP contribution in [0, 0.1) is 0 Å². The van der Waals surface area contributed by atoms with Gasteiger partial charge >= 0.3 is 6.03 Å². The lowest BCUT2D eigenvalue weighted by Crippen LogP contribution is -2.54. The molecule has 0 unspecified atom stereocenters. The molecule has 0 aromatic rings. The van der Waals surface area contributed by atoms with E-state index in [1.54, 1.807) is 0 Å². The largest absolute Gasteiger partial charge is 0.323 e. The van der Waals surface area contributed by atoms with E-state index in [1.165, 1.54) is 25.7 Å². The fraction of sp³-hybridized carbons (Fsp3) is 0.846. The first-order chi connectivity index (χ1) is 8.66. The topological polar surface area (TPSA) is 61.4 Å². The van der Waals surface area contributed by atoms with Crippen molar-refractivity contribution in [2.24, 2.45) is 0 Å². The highest BCUT2D eigenvalue weighted by molar-refractivity contribution is 6.07. The molecular weight excluding hydrogens is 230 g/mol. The molecule has 18 heavy (non-hydrogen) atoms. The zero-order valence-corrected chi connectivity index (χ0v) is 11.1. The average molecular weight is 253 g/mol. The molecule has 0 saturated carbocycles. The highest BCUT2D eigenvalue weighted by Gasteiger charge is 2.47. The summed E-state index contributed by atoms with van der Waals surface area (Å²) in [4.78, 5) is 25.4. The van der Waals surface area contributed by atoms with Crippen LogP contribution in [0.4, 0.5) is 4.79 Å². The number of unbranched alkanes of at least 4 members (excludes halogenated alkanes) is 3. The molecule has 2 aliphatic heterocycles.